The van der Waals surface area contributed by atoms with Gasteiger partial charge in [-0.2, -0.15) is 0 Å². The topological polar surface area (TPSA) is 69.5 Å². The molecule has 0 spiro atoms. The van der Waals surface area contributed by atoms with Gasteiger partial charge in [0.2, 0.25) is 0 Å². The molecule has 0 unspecified atom stereocenters. The summed E-state index contributed by atoms with van der Waals surface area (Å²) in [7, 11) is 0. The minimum atomic E-state index is -3.65. The first-order chi connectivity index (χ1) is 17.0. The Balaban J connectivity index is 2.52. The number of anilines is 1. The molecule has 0 bridgehead atoms. The van der Waals surface area contributed by atoms with Crippen molar-refractivity contribution in [3.05, 3.63) is 29.5 Å². The number of fused-ring (bicyclic) bond motifs is 1. The number of carbonyl (C=O) groups is 1. The zero-order valence-electron chi connectivity index (χ0n) is 26.5. The Hall–Kier alpha value is -2.62. The smallest absolute Gasteiger partial charge is 0.302 e. The summed E-state index contributed by atoms with van der Waals surface area (Å²) < 4.78 is 116. The molecule has 1 saturated heterocycles. The number of aromatic nitrogens is 3. The van der Waals surface area contributed by atoms with Crippen LogP contribution in [0.2, 0.25) is 0 Å². The number of aromatic amines is 1. The normalized spacial score (nSPS) is 36.8. The van der Waals surface area contributed by atoms with Crippen LogP contribution in [0.4, 0.5) is 5.82 Å². The quantitative estimate of drug-likeness (QED) is 0.866. The molecule has 0 aliphatic carbocycles. The Kier molecular flexibility index (Phi) is 1.71. The largest absolute Gasteiger partial charge is 0.354 e. The molecule has 1 fully saturated rings. The van der Waals surface area contributed by atoms with Crippen molar-refractivity contribution in [1.29, 1.82) is 0 Å². The molecule has 7 nitrogen and oxygen atoms in total. The van der Waals surface area contributed by atoms with E-state index in [2.05, 4.69) is 19.8 Å². The zero-order chi connectivity index (χ0) is 29.4. The summed E-state index contributed by atoms with van der Waals surface area (Å²) in [6.07, 6.45) is -4.41. The fourth-order valence-corrected chi connectivity index (χ4v) is 2.18. The van der Waals surface area contributed by atoms with Crippen molar-refractivity contribution in [1.82, 2.24) is 19.9 Å². The van der Waals surface area contributed by atoms with E-state index in [0.717, 1.165) is 0 Å². The van der Waals surface area contributed by atoms with Gasteiger partial charge >= 0.3 is 5.91 Å². The molecule has 0 aromatic carbocycles. The highest BCUT2D eigenvalue weighted by molar-refractivity contribution is 5.88. The Bertz CT molecular complexity index is 1310. The summed E-state index contributed by atoms with van der Waals surface area (Å²) in [5.41, 5.74) is -0.0657. The molecular weight excluding hydrogens is 304 g/mol. The van der Waals surface area contributed by atoms with Crippen LogP contribution in [0, 0.1) is 19.4 Å². The second-order valence-electron chi connectivity index (χ2n) is 4.97. The van der Waals surface area contributed by atoms with Crippen molar-refractivity contribution in [3.8, 4) is 0 Å². The summed E-state index contributed by atoms with van der Waals surface area (Å²) >= 11 is 0. The lowest BCUT2D eigenvalue weighted by Gasteiger charge is -2.41. The van der Waals surface area contributed by atoms with Crippen LogP contribution in [0.25, 0.3) is 15.9 Å². The first kappa shape index (κ1) is 6.36. The summed E-state index contributed by atoms with van der Waals surface area (Å²) in [5, 5.41) is -0.345. The number of aryl methyl sites for hydroxylation is 1. The molecule has 7 heteroatoms. The molecular formula is C17H22N6O. The number of rotatable bonds is 3. The molecule has 0 radical (unpaired) electrons. The number of hydrogen-bond acceptors (Lipinski definition) is 4. The average molecular weight is 340 g/mol. The lowest BCUT2D eigenvalue weighted by Crippen LogP contribution is -2.53. The minimum Gasteiger partial charge on any atom is -0.354 e. The molecule has 0 saturated carbocycles. The summed E-state index contributed by atoms with van der Waals surface area (Å²) in [4.78, 5) is 25.6. The van der Waals surface area contributed by atoms with Gasteiger partial charge in [0, 0.05) is 39.4 Å². The van der Waals surface area contributed by atoms with Gasteiger partial charge in [0.25, 0.3) is 6.54 Å². The lowest BCUT2D eigenvalue weighted by molar-refractivity contribution is -0.130. The number of carbonyl (C=O) groups excluding carboxylic acids is 1. The standard InChI is InChI=1S/C17H22N6O/c1-11-5-6-23(15(24)8-18-3)9-14(11)22(4)17-13-7-12(2)21-16(13)19-10-20-17/h7,10-11,14H,5-6,8-9H2,1-2,4H3,(H,19,20,21)/t11-,14+/m1/s1/i1D3,4D3,5D2,6D2,7D,9D2,10D. The molecule has 2 atom stereocenters. The van der Waals surface area contributed by atoms with Crippen LogP contribution in [-0.2, 0) is 4.79 Å². The summed E-state index contributed by atoms with van der Waals surface area (Å²) in [5.74, 6) is -5.09. The van der Waals surface area contributed by atoms with Crippen molar-refractivity contribution >= 4 is 22.8 Å². The monoisotopic (exact) mass is 340 g/mol. The van der Waals surface area contributed by atoms with Crippen LogP contribution < -0.4 is 4.90 Å². The molecule has 3 rings (SSSR count). The highest BCUT2D eigenvalue weighted by atomic mass is 16.2. The second-order valence-corrected chi connectivity index (χ2v) is 4.97. The van der Waals surface area contributed by atoms with Gasteiger partial charge in [-0.1, -0.05) is 6.85 Å². The Labute approximate surface area is 161 Å². The predicted molar refractivity (Wildman–Crippen MR) is 92.6 cm³/mol. The summed E-state index contributed by atoms with van der Waals surface area (Å²) in [6.45, 7) is -7.07. The van der Waals surface area contributed by atoms with E-state index in [4.69, 9.17) is 25.8 Å². The van der Waals surface area contributed by atoms with E-state index < -0.39 is 69.7 Å². The first-order valence-corrected chi connectivity index (χ1v) is 6.82. The van der Waals surface area contributed by atoms with Crippen molar-refractivity contribution in [2.24, 2.45) is 5.92 Å². The highest BCUT2D eigenvalue weighted by Crippen LogP contribution is 2.29. The molecule has 1 aliphatic heterocycles. The maximum atomic E-state index is 12.8. The van der Waals surface area contributed by atoms with Gasteiger partial charge < -0.3 is 19.6 Å². The van der Waals surface area contributed by atoms with Crippen LogP contribution in [0.3, 0.4) is 0 Å². The first-order valence-electron chi connectivity index (χ1n) is 13.8. The maximum absolute atomic E-state index is 12.8. The fourth-order valence-electron chi connectivity index (χ4n) is 2.18. The molecule has 24 heavy (non-hydrogen) atoms. The van der Waals surface area contributed by atoms with Crippen LogP contribution in [0.1, 0.15) is 38.1 Å². The fraction of sp³-hybridized carbons (Fsp3) is 0.529. The van der Waals surface area contributed by atoms with Gasteiger partial charge in [0.1, 0.15) is 19.1 Å². The SMILES string of the molecule is [2H]c1nc(N([C@@H]2[C@H](C([2H])([2H])[2H])C([2H])([2H])C([2H])([2H])N(C(=O)C[N+]#[C-])C2([2H])[2H])C([2H])([2H])[2H])c2c([2H])c(C)[nH]c2n1. The van der Waals surface area contributed by atoms with Crippen molar-refractivity contribution < 1.29 is 24.0 Å². The van der Waals surface area contributed by atoms with Gasteiger partial charge in [0.05, 0.1) is 15.5 Å². The maximum Gasteiger partial charge on any atom is 0.302 e. The Morgan fingerprint density at radius 1 is 1.71 bits per heavy atom. The minimum absolute atomic E-state index is 0.0998. The summed E-state index contributed by atoms with van der Waals surface area (Å²) in [6, 6.07) is -3.05. The van der Waals surface area contributed by atoms with E-state index in [1.54, 1.807) is 0 Å². The number of H-pyrrole nitrogens is 1. The van der Waals surface area contributed by atoms with Gasteiger partial charge in [-0.15, -0.1) is 0 Å². The van der Waals surface area contributed by atoms with Crippen LogP contribution >= 0.6 is 0 Å². The Morgan fingerprint density at radius 2 is 2.58 bits per heavy atom. The number of likely N-dealkylation sites (N-methyl/N-ethyl adjacent to an activating group) is 1. The van der Waals surface area contributed by atoms with Crippen molar-refractivity contribution in [2.45, 2.75) is 26.2 Å². The van der Waals surface area contributed by atoms with Crippen molar-refractivity contribution in [2.75, 3.05) is 31.4 Å². The number of nitrogens with one attached hydrogen (secondary N) is 1. The molecule has 2 aromatic rings. The van der Waals surface area contributed by atoms with Crippen molar-refractivity contribution in [3.63, 3.8) is 0 Å². The molecule has 3 heterocycles. The molecule has 2 aromatic heterocycles. The van der Waals surface area contributed by atoms with E-state index in [1.807, 2.05) is 0 Å². The predicted octanol–water partition coefficient (Wildman–Crippen LogP) is 1.86. The molecule has 1 aliphatic rings. The number of likely N-dealkylation sites (tertiary alicyclic amines) is 1. The van der Waals surface area contributed by atoms with Crippen LogP contribution in [-0.4, -0.2) is 58.3 Å². The molecule has 1 amide bonds. The zero-order valence-corrected chi connectivity index (χ0v) is 12.5. The van der Waals surface area contributed by atoms with E-state index in [1.165, 1.54) is 6.92 Å². The Morgan fingerprint density at radius 3 is 3.33 bits per heavy atom. The van der Waals surface area contributed by atoms with Crippen LogP contribution in [0.5, 0.6) is 0 Å². The van der Waals surface area contributed by atoms with Gasteiger partial charge in [-0.3, -0.25) is 4.79 Å². The van der Waals surface area contributed by atoms with Gasteiger partial charge in [-0.25, -0.2) is 16.5 Å². The molecule has 126 valence electrons. The number of nitrogens with zero attached hydrogens (tertiary/aromatic N) is 5. The number of piperidine rings is 1. The van der Waals surface area contributed by atoms with E-state index in [-0.39, 0.29) is 32.6 Å². The third-order valence-corrected chi connectivity index (χ3v) is 3.28. The third kappa shape index (κ3) is 2.92. The van der Waals surface area contributed by atoms with E-state index in [9.17, 15) is 4.79 Å². The van der Waals surface area contributed by atoms with E-state index >= 15 is 0 Å². The number of hydrogen-bond donors (Lipinski definition) is 1. The lowest BCUT2D eigenvalue weighted by atomic mass is 9.92. The van der Waals surface area contributed by atoms with Crippen LogP contribution in [0.15, 0.2) is 12.3 Å². The highest BCUT2D eigenvalue weighted by Gasteiger charge is 2.33. The number of amides is 1. The molecule has 1 N–H and O–H groups in total. The second kappa shape index (κ2) is 6.48. The third-order valence-electron chi connectivity index (χ3n) is 3.28. The van der Waals surface area contributed by atoms with E-state index in [0.29, 0.717) is 0 Å². The van der Waals surface area contributed by atoms with Gasteiger partial charge in [-0.05, 0) is 25.3 Å². The van der Waals surface area contributed by atoms with Gasteiger partial charge in [0.15, 0.2) is 0 Å². The average Bonchev–Trinajstić information content (AvgIpc) is 2.97.